The Morgan fingerprint density at radius 3 is 2.50 bits per heavy atom. The predicted molar refractivity (Wildman–Crippen MR) is 63.9 cm³/mol. The lowest BCUT2D eigenvalue weighted by atomic mass is 9.90. The van der Waals surface area contributed by atoms with Crippen LogP contribution < -0.4 is 5.32 Å². The van der Waals surface area contributed by atoms with Gasteiger partial charge < -0.3 is 5.32 Å². The molecule has 1 aliphatic carbocycles. The van der Waals surface area contributed by atoms with Crippen LogP contribution in [0, 0.1) is 11.3 Å². The maximum absolute atomic E-state index is 6.23. The zero-order valence-corrected chi connectivity index (χ0v) is 10.5. The van der Waals surface area contributed by atoms with Crippen molar-refractivity contribution in [1.82, 2.24) is 5.32 Å². The molecule has 1 N–H and O–H groups in total. The third-order valence-corrected chi connectivity index (χ3v) is 2.93. The quantitative estimate of drug-likeness (QED) is 0.531. The number of halogens is 1. The average molecular weight is 218 g/mol. The molecule has 0 aromatic heterocycles. The fourth-order valence-corrected chi connectivity index (χ4v) is 2.28. The van der Waals surface area contributed by atoms with Crippen LogP contribution >= 0.6 is 11.6 Å². The molecule has 2 heteroatoms. The fourth-order valence-electron chi connectivity index (χ4n) is 1.71. The summed E-state index contributed by atoms with van der Waals surface area (Å²) < 4.78 is 0. The molecule has 84 valence electrons. The van der Waals surface area contributed by atoms with Crippen molar-refractivity contribution in [3.8, 4) is 0 Å². The Labute approximate surface area is 93.6 Å². The lowest BCUT2D eigenvalue weighted by Crippen LogP contribution is -2.27. The normalized spacial score (nSPS) is 19.7. The highest BCUT2D eigenvalue weighted by Crippen LogP contribution is 2.31. The lowest BCUT2D eigenvalue weighted by Gasteiger charge is -2.22. The minimum absolute atomic E-state index is 0.286. The molecule has 1 atom stereocenters. The predicted octanol–water partition coefficient (Wildman–Crippen LogP) is 3.42. The van der Waals surface area contributed by atoms with Gasteiger partial charge in [0.2, 0.25) is 0 Å². The number of hydrogen-bond donors (Lipinski definition) is 1. The summed E-state index contributed by atoms with van der Waals surface area (Å²) in [5.41, 5.74) is 0.352. The summed E-state index contributed by atoms with van der Waals surface area (Å²) in [6.45, 7) is 8.84. The fraction of sp³-hybridized carbons (Fsp3) is 1.00. The lowest BCUT2D eigenvalue weighted by molar-refractivity contribution is 0.364. The molecule has 0 aliphatic heterocycles. The van der Waals surface area contributed by atoms with Gasteiger partial charge >= 0.3 is 0 Å². The highest BCUT2D eigenvalue weighted by molar-refractivity contribution is 6.20. The van der Waals surface area contributed by atoms with Crippen LogP contribution in [0.1, 0.15) is 46.5 Å². The molecule has 0 bridgehead atoms. The Balaban J connectivity index is 1.93. The highest BCUT2D eigenvalue weighted by Gasteiger charge is 2.20. The largest absolute Gasteiger partial charge is 0.315 e. The van der Waals surface area contributed by atoms with Crippen molar-refractivity contribution in [3.63, 3.8) is 0 Å². The van der Waals surface area contributed by atoms with E-state index in [1.54, 1.807) is 0 Å². The van der Waals surface area contributed by atoms with Gasteiger partial charge in [-0.3, -0.25) is 0 Å². The molecular weight excluding hydrogens is 194 g/mol. The summed E-state index contributed by atoms with van der Waals surface area (Å²) in [6.07, 6.45) is 5.34. The van der Waals surface area contributed by atoms with Crippen molar-refractivity contribution < 1.29 is 0 Å². The van der Waals surface area contributed by atoms with Gasteiger partial charge in [0, 0.05) is 11.9 Å². The van der Waals surface area contributed by atoms with Crippen molar-refractivity contribution in [1.29, 1.82) is 0 Å². The SMILES string of the molecule is CC(C)(C)CC(Cl)CNCCC1CC1. The van der Waals surface area contributed by atoms with Crippen molar-refractivity contribution >= 4 is 11.6 Å². The van der Waals surface area contributed by atoms with Crippen LogP contribution in [-0.4, -0.2) is 18.5 Å². The smallest absolute Gasteiger partial charge is 0.0465 e. The van der Waals surface area contributed by atoms with E-state index < -0.39 is 0 Å². The standard InChI is InChI=1S/C12H24ClN/c1-12(2,3)8-11(13)9-14-7-6-10-4-5-10/h10-11,14H,4-9H2,1-3H3. The summed E-state index contributed by atoms with van der Waals surface area (Å²) in [6, 6.07) is 0. The Bertz CT molecular complexity index is 158. The molecular formula is C12H24ClN. The van der Waals surface area contributed by atoms with Crippen LogP contribution in [0.4, 0.5) is 0 Å². The molecule has 1 aliphatic rings. The highest BCUT2D eigenvalue weighted by atomic mass is 35.5. The molecule has 0 aromatic carbocycles. The molecule has 0 saturated heterocycles. The van der Waals surface area contributed by atoms with Crippen LogP contribution in [0.15, 0.2) is 0 Å². The second-order valence-corrected chi connectivity index (χ2v) is 6.42. The molecule has 1 fully saturated rings. The van der Waals surface area contributed by atoms with E-state index >= 15 is 0 Å². The second-order valence-electron chi connectivity index (χ2n) is 5.80. The van der Waals surface area contributed by atoms with Crippen LogP contribution in [0.2, 0.25) is 0 Å². The van der Waals surface area contributed by atoms with Crippen LogP contribution in [0.25, 0.3) is 0 Å². The van der Waals surface area contributed by atoms with Gasteiger partial charge in [-0.05, 0) is 30.7 Å². The van der Waals surface area contributed by atoms with Crippen molar-refractivity contribution in [2.24, 2.45) is 11.3 Å². The second kappa shape index (κ2) is 5.37. The Morgan fingerprint density at radius 2 is 2.00 bits per heavy atom. The molecule has 0 heterocycles. The van der Waals surface area contributed by atoms with Gasteiger partial charge in [0.15, 0.2) is 0 Å². The van der Waals surface area contributed by atoms with Gasteiger partial charge in [-0.25, -0.2) is 0 Å². The van der Waals surface area contributed by atoms with Crippen LogP contribution in [-0.2, 0) is 0 Å². The zero-order valence-electron chi connectivity index (χ0n) is 9.78. The maximum Gasteiger partial charge on any atom is 0.0465 e. The van der Waals surface area contributed by atoms with Gasteiger partial charge in [-0.2, -0.15) is 0 Å². The van der Waals surface area contributed by atoms with Gasteiger partial charge in [-0.1, -0.05) is 33.6 Å². The average Bonchev–Trinajstić information content (AvgIpc) is 2.77. The minimum atomic E-state index is 0.286. The van der Waals surface area contributed by atoms with Gasteiger partial charge in [-0.15, -0.1) is 11.6 Å². The van der Waals surface area contributed by atoms with Crippen LogP contribution in [0.5, 0.6) is 0 Å². The summed E-state index contributed by atoms with van der Waals surface area (Å²) >= 11 is 6.23. The first-order valence-electron chi connectivity index (χ1n) is 5.82. The summed E-state index contributed by atoms with van der Waals surface area (Å²) in [5, 5.41) is 3.73. The van der Waals surface area contributed by atoms with Gasteiger partial charge in [0.25, 0.3) is 0 Å². The van der Waals surface area contributed by atoms with Crippen molar-refractivity contribution in [3.05, 3.63) is 0 Å². The van der Waals surface area contributed by atoms with Crippen molar-refractivity contribution in [2.45, 2.75) is 51.8 Å². The summed E-state index contributed by atoms with van der Waals surface area (Å²) in [4.78, 5) is 0. The molecule has 1 saturated carbocycles. The topological polar surface area (TPSA) is 12.0 Å². The molecule has 14 heavy (non-hydrogen) atoms. The number of alkyl halides is 1. The number of nitrogens with one attached hydrogen (secondary N) is 1. The third-order valence-electron chi connectivity index (χ3n) is 2.63. The summed E-state index contributed by atoms with van der Waals surface area (Å²) in [7, 11) is 0. The molecule has 1 nitrogen and oxygen atoms in total. The van der Waals surface area contributed by atoms with E-state index in [-0.39, 0.29) is 5.38 Å². The molecule has 0 aromatic rings. The van der Waals surface area contributed by atoms with Crippen molar-refractivity contribution in [2.75, 3.05) is 13.1 Å². The van der Waals surface area contributed by atoms with E-state index in [1.165, 1.54) is 19.3 Å². The molecule has 0 amide bonds. The van der Waals surface area contributed by atoms with Gasteiger partial charge in [0.1, 0.15) is 0 Å². The Morgan fingerprint density at radius 1 is 1.36 bits per heavy atom. The number of hydrogen-bond acceptors (Lipinski definition) is 1. The first-order chi connectivity index (χ1) is 6.47. The number of rotatable bonds is 6. The first kappa shape index (κ1) is 12.3. The van der Waals surface area contributed by atoms with E-state index in [0.717, 1.165) is 25.4 Å². The van der Waals surface area contributed by atoms with E-state index in [4.69, 9.17) is 11.6 Å². The first-order valence-corrected chi connectivity index (χ1v) is 6.26. The zero-order chi connectivity index (χ0) is 10.6. The molecule has 1 unspecified atom stereocenters. The Kier molecular flexibility index (Phi) is 4.72. The Hall–Kier alpha value is 0.250. The molecule has 1 rings (SSSR count). The van der Waals surface area contributed by atoms with Crippen LogP contribution in [0.3, 0.4) is 0 Å². The summed E-state index contributed by atoms with van der Waals surface area (Å²) in [5.74, 6) is 1.03. The third kappa shape index (κ3) is 6.67. The maximum atomic E-state index is 6.23. The van der Waals surface area contributed by atoms with E-state index in [0.29, 0.717) is 5.41 Å². The molecule has 0 radical (unpaired) electrons. The monoisotopic (exact) mass is 217 g/mol. The van der Waals surface area contributed by atoms with Gasteiger partial charge in [0.05, 0.1) is 0 Å². The van der Waals surface area contributed by atoms with E-state index in [9.17, 15) is 0 Å². The minimum Gasteiger partial charge on any atom is -0.315 e. The van der Waals surface area contributed by atoms with E-state index in [2.05, 4.69) is 26.1 Å². The molecule has 0 spiro atoms. The van der Waals surface area contributed by atoms with E-state index in [1.807, 2.05) is 0 Å².